The van der Waals surface area contributed by atoms with Crippen molar-refractivity contribution in [1.29, 1.82) is 0 Å². The number of anilines is 1. The highest BCUT2D eigenvalue weighted by atomic mass is 32.2. The Hall–Kier alpha value is -2.57. The molecule has 0 aromatic heterocycles. The highest BCUT2D eigenvalue weighted by Gasteiger charge is 2.41. The van der Waals surface area contributed by atoms with Crippen molar-refractivity contribution in [2.75, 3.05) is 24.4 Å². The monoisotopic (exact) mass is 383 g/mol. The first-order chi connectivity index (χ1) is 13.0. The summed E-state index contributed by atoms with van der Waals surface area (Å²) in [5.74, 6) is 0.0186. The zero-order valence-corrected chi connectivity index (χ0v) is 16.3. The van der Waals surface area contributed by atoms with Crippen LogP contribution in [0.5, 0.6) is 5.75 Å². The normalized spacial score (nSPS) is 14.3. The molecular formula is C21H21NO4S. The van der Waals surface area contributed by atoms with Crippen LogP contribution in [0.1, 0.15) is 16.7 Å². The number of rotatable bonds is 6. The minimum Gasteiger partial charge on any atom is -0.495 e. The number of aryl methyl sites for hydroxylation is 2. The molecule has 27 heavy (non-hydrogen) atoms. The Labute approximate surface area is 162 Å². The van der Waals surface area contributed by atoms with E-state index in [4.69, 9.17) is 4.74 Å². The van der Waals surface area contributed by atoms with Gasteiger partial charge in [0.25, 0.3) is 11.8 Å². The smallest absolute Gasteiger partial charge is 0.272 e. The topological polar surface area (TPSA) is 66.8 Å². The van der Waals surface area contributed by atoms with Crippen molar-refractivity contribution in [3.63, 3.8) is 0 Å². The third kappa shape index (κ3) is 3.50. The second kappa shape index (κ2) is 7.98. The Bertz CT molecular complexity index is 936. The van der Waals surface area contributed by atoms with Crippen LogP contribution >= 0.6 is 11.8 Å². The van der Waals surface area contributed by atoms with Gasteiger partial charge in [-0.05, 0) is 37.1 Å². The third-order valence-corrected chi connectivity index (χ3v) is 5.41. The van der Waals surface area contributed by atoms with E-state index in [2.05, 4.69) is 0 Å². The Balaban J connectivity index is 2.14. The van der Waals surface area contributed by atoms with Gasteiger partial charge in [-0.1, -0.05) is 35.9 Å². The first-order valence-electron chi connectivity index (χ1n) is 8.57. The predicted molar refractivity (Wildman–Crippen MR) is 108 cm³/mol. The fourth-order valence-corrected chi connectivity index (χ4v) is 4.01. The quantitative estimate of drug-likeness (QED) is 0.775. The Morgan fingerprint density at radius 3 is 2.48 bits per heavy atom. The van der Waals surface area contributed by atoms with E-state index in [1.54, 1.807) is 24.3 Å². The van der Waals surface area contributed by atoms with Gasteiger partial charge in [0.1, 0.15) is 5.75 Å². The maximum atomic E-state index is 13.3. The number of carbonyl (C=O) groups excluding carboxylic acids is 2. The molecule has 0 unspecified atom stereocenters. The van der Waals surface area contributed by atoms with Crippen molar-refractivity contribution in [3.8, 4) is 5.75 Å². The van der Waals surface area contributed by atoms with E-state index in [0.29, 0.717) is 27.7 Å². The first kappa shape index (κ1) is 19.2. The summed E-state index contributed by atoms with van der Waals surface area (Å²) in [5.41, 5.74) is 3.53. The molecular weight excluding hydrogens is 362 g/mol. The number of methoxy groups -OCH3 is 1. The highest BCUT2D eigenvalue weighted by Crippen LogP contribution is 2.41. The first-order valence-corrected chi connectivity index (χ1v) is 9.55. The number of aliphatic hydroxyl groups excluding tert-OH is 1. The molecule has 0 saturated carbocycles. The van der Waals surface area contributed by atoms with Gasteiger partial charge >= 0.3 is 0 Å². The van der Waals surface area contributed by atoms with Crippen molar-refractivity contribution in [2.45, 2.75) is 13.8 Å². The van der Waals surface area contributed by atoms with Crippen LogP contribution in [-0.2, 0) is 9.59 Å². The molecule has 1 aliphatic heterocycles. The van der Waals surface area contributed by atoms with E-state index in [1.807, 2.05) is 32.0 Å². The molecule has 0 spiro atoms. The minimum atomic E-state index is -0.391. The van der Waals surface area contributed by atoms with Gasteiger partial charge in [-0.15, -0.1) is 11.8 Å². The molecule has 0 fully saturated rings. The number of benzene rings is 2. The van der Waals surface area contributed by atoms with E-state index >= 15 is 0 Å². The Morgan fingerprint density at radius 1 is 1.07 bits per heavy atom. The summed E-state index contributed by atoms with van der Waals surface area (Å²) in [6.07, 6.45) is 0. The summed E-state index contributed by atoms with van der Waals surface area (Å²) in [6.45, 7) is 3.83. The van der Waals surface area contributed by atoms with Crippen molar-refractivity contribution in [3.05, 3.63) is 64.1 Å². The molecule has 0 atom stereocenters. The summed E-state index contributed by atoms with van der Waals surface area (Å²) in [4.78, 5) is 28.0. The van der Waals surface area contributed by atoms with Gasteiger partial charge in [0.15, 0.2) is 0 Å². The number of aliphatic hydroxyl groups is 1. The second-order valence-corrected chi connectivity index (χ2v) is 7.32. The van der Waals surface area contributed by atoms with Crippen LogP contribution in [0.3, 0.4) is 0 Å². The van der Waals surface area contributed by atoms with Crippen LogP contribution in [0.15, 0.2) is 47.4 Å². The lowest BCUT2D eigenvalue weighted by atomic mass is 9.99. The lowest BCUT2D eigenvalue weighted by molar-refractivity contribution is -0.119. The number of imide groups is 1. The SMILES string of the molecule is COc1ccccc1N1C(=O)C(SCCO)=C(c2ccc(C)cc2C)C1=O. The number of ether oxygens (including phenoxy) is 1. The molecule has 6 heteroatoms. The van der Waals surface area contributed by atoms with Crippen molar-refractivity contribution >= 4 is 34.8 Å². The van der Waals surface area contributed by atoms with Crippen molar-refractivity contribution < 1.29 is 19.4 Å². The zero-order chi connectivity index (χ0) is 19.6. The van der Waals surface area contributed by atoms with E-state index in [1.165, 1.54) is 18.9 Å². The van der Waals surface area contributed by atoms with Crippen LogP contribution in [-0.4, -0.2) is 36.4 Å². The number of carbonyl (C=O) groups is 2. The van der Waals surface area contributed by atoms with Crippen LogP contribution in [0.2, 0.25) is 0 Å². The summed E-state index contributed by atoms with van der Waals surface area (Å²) in [6, 6.07) is 12.7. The molecule has 0 saturated heterocycles. The molecule has 0 radical (unpaired) electrons. The molecule has 1 aliphatic rings. The fourth-order valence-electron chi connectivity index (χ4n) is 3.16. The van der Waals surface area contributed by atoms with E-state index in [0.717, 1.165) is 21.6 Å². The zero-order valence-electron chi connectivity index (χ0n) is 15.5. The highest BCUT2D eigenvalue weighted by molar-refractivity contribution is 8.04. The fraction of sp³-hybridized carbons (Fsp3) is 0.238. The molecule has 1 N–H and O–H groups in total. The lowest BCUT2D eigenvalue weighted by Gasteiger charge is -2.18. The molecule has 2 aromatic rings. The summed E-state index contributed by atoms with van der Waals surface area (Å²) >= 11 is 1.20. The number of thioether (sulfide) groups is 1. The summed E-state index contributed by atoms with van der Waals surface area (Å²) in [5, 5.41) is 9.22. The molecule has 5 nitrogen and oxygen atoms in total. The molecule has 140 valence electrons. The predicted octanol–water partition coefficient (Wildman–Crippen LogP) is 3.32. The van der Waals surface area contributed by atoms with Crippen LogP contribution in [0.25, 0.3) is 5.57 Å². The maximum absolute atomic E-state index is 13.3. The number of amides is 2. The molecule has 3 rings (SSSR count). The van der Waals surface area contributed by atoms with Gasteiger partial charge < -0.3 is 9.84 Å². The Kier molecular flexibility index (Phi) is 5.68. The summed E-state index contributed by atoms with van der Waals surface area (Å²) < 4.78 is 5.34. The van der Waals surface area contributed by atoms with Gasteiger partial charge in [-0.2, -0.15) is 0 Å². The molecule has 0 aliphatic carbocycles. The van der Waals surface area contributed by atoms with E-state index in [9.17, 15) is 14.7 Å². The number of hydrogen-bond acceptors (Lipinski definition) is 5. The van der Waals surface area contributed by atoms with Gasteiger partial charge in [0, 0.05) is 5.75 Å². The molecule has 2 amide bonds. The van der Waals surface area contributed by atoms with Crippen molar-refractivity contribution in [1.82, 2.24) is 0 Å². The van der Waals surface area contributed by atoms with Crippen molar-refractivity contribution in [2.24, 2.45) is 0 Å². The number of para-hydroxylation sites is 2. The maximum Gasteiger partial charge on any atom is 0.272 e. The van der Waals surface area contributed by atoms with Crippen LogP contribution in [0, 0.1) is 13.8 Å². The Morgan fingerprint density at radius 2 is 1.81 bits per heavy atom. The van der Waals surface area contributed by atoms with Gasteiger partial charge in [0.2, 0.25) is 0 Å². The van der Waals surface area contributed by atoms with Crippen LogP contribution in [0.4, 0.5) is 5.69 Å². The van der Waals surface area contributed by atoms with E-state index in [-0.39, 0.29) is 12.5 Å². The van der Waals surface area contributed by atoms with Gasteiger partial charge in [-0.25, -0.2) is 4.90 Å². The molecule has 1 heterocycles. The van der Waals surface area contributed by atoms with E-state index < -0.39 is 5.91 Å². The average Bonchev–Trinajstić information content (AvgIpc) is 2.90. The number of hydrogen-bond donors (Lipinski definition) is 1. The van der Waals surface area contributed by atoms with Gasteiger partial charge in [-0.3, -0.25) is 9.59 Å². The minimum absolute atomic E-state index is 0.0789. The van der Waals surface area contributed by atoms with Crippen LogP contribution < -0.4 is 9.64 Å². The standard InChI is InChI=1S/C21H21NO4S/c1-13-8-9-15(14(2)12-13)18-19(27-11-10-23)21(25)22(20(18)24)16-6-4-5-7-17(16)26-3/h4-9,12,23H,10-11H2,1-3H3. The van der Waals surface area contributed by atoms with Gasteiger partial charge in [0.05, 0.1) is 29.9 Å². The second-order valence-electron chi connectivity index (χ2n) is 6.21. The third-order valence-electron chi connectivity index (χ3n) is 4.36. The molecule has 2 aromatic carbocycles. The molecule has 0 bridgehead atoms. The largest absolute Gasteiger partial charge is 0.495 e. The lowest BCUT2D eigenvalue weighted by Crippen LogP contribution is -2.31. The number of nitrogens with zero attached hydrogens (tertiary/aromatic N) is 1. The average molecular weight is 383 g/mol. The summed E-state index contributed by atoms with van der Waals surface area (Å²) in [7, 11) is 1.50.